The first-order chi connectivity index (χ1) is 7.75. The van der Waals surface area contributed by atoms with E-state index in [0.717, 1.165) is 6.20 Å². The van der Waals surface area contributed by atoms with Gasteiger partial charge in [0.2, 0.25) is 0 Å². The minimum atomic E-state index is -0.987. The third-order valence-electron chi connectivity index (χ3n) is 1.81. The summed E-state index contributed by atoms with van der Waals surface area (Å²) in [6.07, 6.45) is -0.226. The highest BCUT2D eigenvalue weighted by molar-refractivity contribution is 5.39. The third kappa shape index (κ3) is 2.39. The molecule has 1 heterocycles. The maximum absolute atomic E-state index is 13.1. The largest absolute Gasteiger partial charge is 0.309 e. The molecule has 0 amide bonds. The second-order valence-corrected chi connectivity index (χ2v) is 2.95. The molecule has 0 aliphatic carbocycles. The van der Waals surface area contributed by atoms with Gasteiger partial charge in [0, 0.05) is 5.56 Å². The standard InChI is InChI=1S/C12H6F2N2/c13-10-8-15-12(14)16-11(10)7-6-9-4-2-1-3-5-9/h1-5,8H. The van der Waals surface area contributed by atoms with Gasteiger partial charge in [-0.25, -0.2) is 9.37 Å². The van der Waals surface area contributed by atoms with Crippen LogP contribution in [0.15, 0.2) is 36.5 Å². The Balaban J connectivity index is 2.34. The minimum absolute atomic E-state index is 0.239. The molecular weight excluding hydrogens is 210 g/mol. The molecule has 0 atom stereocenters. The third-order valence-corrected chi connectivity index (χ3v) is 1.81. The molecule has 0 spiro atoms. The lowest BCUT2D eigenvalue weighted by Gasteiger charge is -1.92. The van der Waals surface area contributed by atoms with E-state index < -0.39 is 11.9 Å². The molecule has 0 N–H and O–H groups in total. The number of aromatic nitrogens is 2. The van der Waals surface area contributed by atoms with Crippen molar-refractivity contribution in [3.8, 4) is 11.8 Å². The quantitative estimate of drug-likeness (QED) is 0.498. The first-order valence-electron chi connectivity index (χ1n) is 4.51. The average Bonchev–Trinajstić information content (AvgIpc) is 2.32. The lowest BCUT2D eigenvalue weighted by atomic mass is 10.2. The van der Waals surface area contributed by atoms with E-state index in [0.29, 0.717) is 5.56 Å². The van der Waals surface area contributed by atoms with E-state index in [9.17, 15) is 8.78 Å². The van der Waals surface area contributed by atoms with Crippen molar-refractivity contribution in [1.82, 2.24) is 9.97 Å². The molecule has 2 aromatic rings. The van der Waals surface area contributed by atoms with Gasteiger partial charge in [0.1, 0.15) is 0 Å². The van der Waals surface area contributed by atoms with Crippen LogP contribution >= 0.6 is 0 Å². The Labute approximate surface area is 91.0 Å². The number of hydrogen-bond acceptors (Lipinski definition) is 2. The Morgan fingerprint density at radius 2 is 1.75 bits per heavy atom. The second kappa shape index (κ2) is 4.49. The molecule has 0 saturated carbocycles. The number of halogens is 2. The molecule has 2 nitrogen and oxygen atoms in total. The summed E-state index contributed by atoms with van der Waals surface area (Å²) in [6, 6.07) is 8.99. The maximum Gasteiger partial charge on any atom is 0.309 e. The summed E-state index contributed by atoms with van der Waals surface area (Å²) in [7, 11) is 0. The zero-order valence-corrected chi connectivity index (χ0v) is 8.11. The van der Waals surface area contributed by atoms with E-state index in [1.807, 2.05) is 6.07 Å². The van der Waals surface area contributed by atoms with Gasteiger partial charge >= 0.3 is 6.08 Å². The summed E-state index contributed by atoms with van der Waals surface area (Å²) in [6.45, 7) is 0. The van der Waals surface area contributed by atoms with Gasteiger partial charge in [-0.05, 0) is 18.1 Å². The van der Waals surface area contributed by atoms with Gasteiger partial charge in [0.15, 0.2) is 11.5 Å². The molecule has 0 radical (unpaired) electrons. The molecule has 0 unspecified atom stereocenters. The average molecular weight is 216 g/mol. The Kier molecular flexibility index (Phi) is 2.88. The lowest BCUT2D eigenvalue weighted by molar-refractivity contribution is 0.513. The monoisotopic (exact) mass is 216 g/mol. The summed E-state index contributed by atoms with van der Waals surface area (Å²) in [5, 5.41) is 0. The summed E-state index contributed by atoms with van der Waals surface area (Å²) in [4.78, 5) is 6.34. The van der Waals surface area contributed by atoms with Gasteiger partial charge in [-0.15, -0.1) is 0 Å². The molecule has 1 aromatic carbocycles. The van der Waals surface area contributed by atoms with E-state index in [2.05, 4.69) is 21.8 Å². The van der Waals surface area contributed by atoms with Gasteiger partial charge in [0.25, 0.3) is 0 Å². The van der Waals surface area contributed by atoms with Crippen LogP contribution in [0.2, 0.25) is 0 Å². The van der Waals surface area contributed by atoms with Crippen molar-refractivity contribution in [3.05, 3.63) is 59.7 Å². The van der Waals surface area contributed by atoms with Gasteiger partial charge in [0.05, 0.1) is 6.20 Å². The molecule has 16 heavy (non-hydrogen) atoms. The predicted octanol–water partition coefficient (Wildman–Crippen LogP) is 2.15. The number of nitrogens with zero attached hydrogens (tertiary/aromatic N) is 2. The zero-order chi connectivity index (χ0) is 11.4. The van der Waals surface area contributed by atoms with Crippen LogP contribution in [0.4, 0.5) is 8.78 Å². The summed E-state index contributed by atoms with van der Waals surface area (Å²) in [5.41, 5.74) is 0.470. The SMILES string of the molecule is Fc1ncc(F)c(C#Cc2ccccc2)n1. The molecule has 0 bridgehead atoms. The summed E-state index contributed by atoms with van der Waals surface area (Å²) >= 11 is 0. The van der Waals surface area contributed by atoms with E-state index in [1.165, 1.54) is 0 Å². The van der Waals surface area contributed by atoms with Gasteiger partial charge in [-0.3, -0.25) is 0 Å². The Bertz CT molecular complexity index is 556. The highest BCUT2D eigenvalue weighted by Crippen LogP contribution is 2.02. The molecule has 78 valence electrons. The van der Waals surface area contributed by atoms with E-state index in [-0.39, 0.29) is 5.69 Å². The fourth-order valence-corrected chi connectivity index (χ4v) is 1.09. The van der Waals surface area contributed by atoms with Crippen molar-refractivity contribution in [2.75, 3.05) is 0 Å². The molecule has 0 aliphatic rings. The summed E-state index contributed by atoms with van der Waals surface area (Å²) in [5.74, 6) is 4.40. The fourth-order valence-electron chi connectivity index (χ4n) is 1.09. The van der Waals surface area contributed by atoms with Gasteiger partial charge in [-0.1, -0.05) is 24.1 Å². The molecular formula is C12H6F2N2. The maximum atomic E-state index is 13.1. The van der Waals surface area contributed by atoms with Crippen molar-refractivity contribution < 1.29 is 8.78 Å². The number of benzene rings is 1. The molecule has 4 heteroatoms. The van der Waals surface area contributed by atoms with Crippen LogP contribution in [0.5, 0.6) is 0 Å². The van der Waals surface area contributed by atoms with Crippen molar-refractivity contribution in [3.63, 3.8) is 0 Å². The van der Waals surface area contributed by atoms with Crippen LogP contribution in [0.3, 0.4) is 0 Å². The molecule has 0 saturated heterocycles. The smallest absolute Gasteiger partial charge is 0.208 e. The highest BCUT2D eigenvalue weighted by atomic mass is 19.1. The van der Waals surface area contributed by atoms with Crippen LogP contribution in [0.1, 0.15) is 11.3 Å². The lowest BCUT2D eigenvalue weighted by Crippen LogP contribution is -1.96. The Morgan fingerprint density at radius 1 is 1.00 bits per heavy atom. The van der Waals surface area contributed by atoms with Gasteiger partial charge < -0.3 is 0 Å². The Hall–Kier alpha value is -2.28. The first kappa shape index (κ1) is 10.2. The van der Waals surface area contributed by atoms with Crippen LogP contribution in [0, 0.1) is 23.7 Å². The van der Waals surface area contributed by atoms with Crippen molar-refractivity contribution in [1.29, 1.82) is 0 Å². The van der Waals surface area contributed by atoms with Crippen LogP contribution in [-0.2, 0) is 0 Å². The van der Waals surface area contributed by atoms with Crippen molar-refractivity contribution in [2.24, 2.45) is 0 Å². The van der Waals surface area contributed by atoms with Crippen LogP contribution < -0.4 is 0 Å². The van der Waals surface area contributed by atoms with Gasteiger partial charge in [-0.2, -0.15) is 9.37 Å². The number of hydrogen-bond donors (Lipinski definition) is 0. The topological polar surface area (TPSA) is 25.8 Å². The van der Waals surface area contributed by atoms with Crippen molar-refractivity contribution >= 4 is 0 Å². The molecule has 0 fully saturated rings. The zero-order valence-electron chi connectivity index (χ0n) is 8.11. The molecule has 0 aliphatic heterocycles. The first-order valence-corrected chi connectivity index (χ1v) is 4.51. The van der Waals surface area contributed by atoms with Crippen LogP contribution in [0.25, 0.3) is 0 Å². The second-order valence-electron chi connectivity index (χ2n) is 2.95. The number of rotatable bonds is 0. The predicted molar refractivity (Wildman–Crippen MR) is 54.4 cm³/mol. The fraction of sp³-hybridized carbons (Fsp3) is 0. The van der Waals surface area contributed by atoms with E-state index >= 15 is 0 Å². The molecule has 2 rings (SSSR count). The highest BCUT2D eigenvalue weighted by Gasteiger charge is 2.02. The summed E-state index contributed by atoms with van der Waals surface area (Å²) < 4.78 is 25.7. The van der Waals surface area contributed by atoms with E-state index in [4.69, 9.17) is 0 Å². The minimum Gasteiger partial charge on any atom is -0.208 e. The van der Waals surface area contributed by atoms with E-state index in [1.54, 1.807) is 24.3 Å². The molecule has 1 aromatic heterocycles. The normalized spacial score (nSPS) is 9.38. The Morgan fingerprint density at radius 3 is 2.50 bits per heavy atom. The van der Waals surface area contributed by atoms with Crippen molar-refractivity contribution in [2.45, 2.75) is 0 Å². The van der Waals surface area contributed by atoms with Crippen LogP contribution in [-0.4, -0.2) is 9.97 Å².